The second-order valence-corrected chi connectivity index (χ2v) is 8.24. The van der Waals surface area contributed by atoms with E-state index in [9.17, 15) is 9.59 Å². The van der Waals surface area contributed by atoms with Gasteiger partial charge in [0, 0.05) is 48.7 Å². The molecule has 1 aromatic carbocycles. The van der Waals surface area contributed by atoms with E-state index in [2.05, 4.69) is 10.2 Å². The van der Waals surface area contributed by atoms with E-state index < -0.39 is 6.09 Å². The predicted octanol–water partition coefficient (Wildman–Crippen LogP) is 2.94. The number of likely N-dealkylation sites (tertiary alicyclic amines) is 1. The van der Waals surface area contributed by atoms with Crippen molar-refractivity contribution in [2.45, 2.75) is 37.8 Å². The molecule has 0 bridgehead atoms. The molecule has 8 heteroatoms. The highest BCUT2D eigenvalue weighted by Crippen LogP contribution is 2.39. The van der Waals surface area contributed by atoms with Crippen molar-refractivity contribution in [1.29, 1.82) is 0 Å². The molecule has 1 saturated heterocycles. The number of thiazole rings is 1. The highest BCUT2D eigenvalue weighted by Gasteiger charge is 2.29. The molecule has 1 atom stereocenters. The van der Waals surface area contributed by atoms with E-state index >= 15 is 0 Å². The third-order valence-electron chi connectivity index (χ3n) is 5.32. The lowest BCUT2D eigenvalue weighted by molar-refractivity contribution is 0.162. The lowest BCUT2D eigenvalue weighted by Crippen LogP contribution is -2.45. The van der Waals surface area contributed by atoms with Crippen molar-refractivity contribution in [3.63, 3.8) is 0 Å². The lowest BCUT2D eigenvalue weighted by Gasteiger charge is -2.35. The first-order valence-electron chi connectivity index (χ1n) is 8.56. The van der Waals surface area contributed by atoms with E-state index in [0.29, 0.717) is 5.92 Å². The van der Waals surface area contributed by atoms with E-state index in [1.54, 1.807) is 0 Å². The maximum Gasteiger partial charge on any atom is 0.404 e. The molecule has 2 N–H and O–H groups in total. The molecule has 3 heterocycles. The summed E-state index contributed by atoms with van der Waals surface area (Å²) in [6.45, 7) is 3.41. The molecule has 25 heavy (non-hydrogen) atoms. The van der Waals surface area contributed by atoms with E-state index in [0.717, 1.165) is 66.2 Å². The summed E-state index contributed by atoms with van der Waals surface area (Å²) < 4.78 is 2.87. The van der Waals surface area contributed by atoms with Gasteiger partial charge in [-0.2, -0.15) is 0 Å². The number of benzene rings is 1. The minimum Gasteiger partial charge on any atom is -0.465 e. The van der Waals surface area contributed by atoms with Crippen LogP contribution in [0.15, 0.2) is 16.9 Å². The summed E-state index contributed by atoms with van der Waals surface area (Å²) in [5.41, 5.74) is 2.12. The Labute approximate surface area is 154 Å². The van der Waals surface area contributed by atoms with E-state index in [4.69, 9.17) is 16.7 Å². The Kier molecular flexibility index (Phi) is 4.47. The maximum atomic E-state index is 12.2. The fourth-order valence-electron chi connectivity index (χ4n) is 4.11. The first kappa shape index (κ1) is 16.9. The number of hydrogen-bond acceptors (Lipinski definition) is 4. The Hall–Kier alpha value is -1.57. The minimum absolute atomic E-state index is 0.0502. The lowest BCUT2D eigenvalue weighted by atomic mass is 9.90. The van der Waals surface area contributed by atoms with Crippen molar-refractivity contribution in [3.05, 3.63) is 32.4 Å². The average Bonchev–Trinajstić information content (AvgIpc) is 2.90. The molecule has 0 radical (unpaired) electrons. The Morgan fingerprint density at radius 3 is 2.76 bits per heavy atom. The number of carboxylic acid groups (broad SMARTS) is 1. The third-order valence-corrected chi connectivity index (χ3v) is 6.59. The number of aromatic nitrogens is 1. The third kappa shape index (κ3) is 3.16. The highest BCUT2D eigenvalue weighted by atomic mass is 35.5. The predicted molar refractivity (Wildman–Crippen MR) is 99.1 cm³/mol. The van der Waals surface area contributed by atoms with Crippen LogP contribution in [0.4, 0.5) is 4.79 Å². The van der Waals surface area contributed by atoms with Crippen molar-refractivity contribution in [1.82, 2.24) is 14.8 Å². The van der Waals surface area contributed by atoms with Gasteiger partial charge in [-0.25, -0.2) is 4.79 Å². The van der Waals surface area contributed by atoms with Crippen molar-refractivity contribution in [3.8, 4) is 0 Å². The van der Waals surface area contributed by atoms with E-state index in [-0.39, 0.29) is 10.9 Å². The SMILES string of the molecule is O=C(O)NC1CCN(CC2CCn3c(=O)sc4ccc(Cl)c2c43)CC1. The number of rotatable bonds is 3. The summed E-state index contributed by atoms with van der Waals surface area (Å²) in [5.74, 6) is 0.314. The topological polar surface area (TPSA) is 74.6 Å². The molecule has 0 spiro atoms. The van der Waals surface area contributed by atoms with Gasteiger partial charge in [0.05, 0.1) is 10.2 Å². The Balaban J connectivity index is 1.53. The number of nitrogens with zero attached hydrogens (tertiary/aromatic N) is 2. The highest BCUT2D eigenvalue weighted by molar-refractivity contribution is 7.16. The van der Waals surface area contributed by atoms with Gasteiger partial charge in [0.1, 0.15) is 0 Å². The van der Waals surface area contributed by atoms with Crippen molar-refractivity contribution >= 4 is 39.2 Å². The van der Waals surface area contributed by atoms with Crippen LogP contribution in [0.3, 0.4) is 0 Å². The standard InChI is InChI=1S/C17H20ClN3O3S/c18-12-1-2-13-15-14(12)10(3-8-21(15)17(24)25-13)9-20-6-4-11(5-7-20)19-16(22)23/h1-2,10-11,19H,3-9H2,(H,22,23). The quantitative estimate of drug-likeness (QED) is 0.857. The number of carbonyl (C=O) groups is 1. The molecular formula is C17H20ClN3O3S. The van der Waals surface area contributed by atoms with Gasteiger partial charge in [-0.05, 0) is 31.4 Å². The molecule has 1 fully saturated rings. The summed E-state index contributed by atoms with van der Waals surface area (Å²) in [4.78, 5) is 25.4. The number of amides is 1. The van der Waals surface area contributed by atoms with Crippen LogP contribution in [0.1, 0.15) is 30.7 Å². The summed E-state index contributed by atoms with van der Waals surface area (Å²) in [7, 11) is 0. The van der Waals surface area contributed by atoms with E-state index in [1.807, 2.05) is 16.7 Å². The fraction of sp³-hybridized carbons (Fsp3) is 0.529. The zero-order valence-electron chi connectivity index (χ0n) is 13.7. The van der Waals surface area contributed by atoms with Crippen LogP contribution in [-0.4, -0.2) is 46.3 Å². The largest absolute Gasteiger partial charge is 0.465 e. The smallest absolute Gasteiger partial charge is 0.404 e. The summed E-state index contributed by atoms with van der Waals surface area (Å²) in [6.07, 6.45) is 1.63. The molecule has 2 aliphatic rings. The Morgan fingerprint density at radius 1 is 1.28 bits per heavy atom. The first-order chi connectivity index (χ1) is 12.0. The van der Waals surface area contributed by atoms with Crippen molar-refractivity contribution in [2.75, 3.05) is 19.6 Å². The van der Waals surface area contributed by atoms with Gasteiger partial charge >= 0.3 is 11.0 Å². The summed E-state index contributed by atoms with van der Waals surface area (Å²) >= 11 is 7.80. The zero-order chi connectivity index (χ0) is 17.6. The molecule has 1 amide bonds. The van der Waals surface area contributed by atoms with E-state index in [1.165, 1.54) is 11.3 Å². The molecule has 4 rings (SSSR count). The van der Waals surface area contributed by atoms with Crippen LogP contribution in [0.25, 0.3) is 10.2 Å². The van der Waals surface area contributed by atoms with Gasteiger partial charge in [-0.15, -0.1) is 0 Å². The molecule has 134 valence electrons. The molecule has 6 nitrogen and oxygen atoms in total. The number of nitrogens with one attached hydrogen (secondary N) is 1. The van der Waals surface area contributed by atoms with Crippen LogP contribution in [0, 0.1) is 0 Å². The molecule has 2 aliphatic heterocycles. The van der Waals surface area contributed by atoms with Crippen LogP contribution in [-0.2, 0) is 6.54 Å². The Morgan fingerprint density at radius 2 is 2.04 bits per heavy atom. The molecule has 0 aliphatic carbocycles. The second-order valence-electron chi connectivity index (χ2n) is 6.84. The molecule has 2 aromatic rings. The Bertz CT molecular complexity index is 870. The van der Waals surface area contributed by atoms with Gasteiger partial charge in [0.25, 0.3) is 0 Å². The average molecular weight is 382 g/mol. The van der Waals surface area contributed by atoms with Gasteiger partial charge in [0.15, 0.2) is 0 Å². The molecule has 0 saturated carbocycles. The number of aryl methyl sites for hydroxylation is 1. The monoisotopic (exact) mass is 381 g/mol. The van der Waals surface area contributed by atoms with Gasteiger partial charge in [-0.1, -0.05) is 22.9 Å². The second kappa shape index (κ2) is 6.63. The zero-order valence-corrected chi connectivity index (χ0v) is 15.3. The molecular weight excluding hydrogens is 362 g/mol. The number of halogens is 1. The van der Waals surface area contributed by atoms with Crippen LogP contribution in [0.5, 0.6) is 0 Å². The van der Waals surface area contributed by atoms with Crippen LogP contribution >= 0.6 is 22.9 Å². The number of piperidine rings is 1. The molecule has 1 aromatic heterocycles. The maximum absolute atomic E-state index is 12.2. The van der Waals surface area contributed by atoms with Gasteiger partial charge in [-0.3, -0.25) is 9.36 Å². The van der Waals surface area contributed by atoms with Crippen molar-refractivity contribution < 1.29 is 9.90 Å². The fourth-order valence-corrected chi connectivity index (χ4v) is 5.35. The summed E-state index contributed by atoms with van der Waals surface area (Å²) in [6, 6.07) is 3.89. The first-order valence-corrected chi connectivity index (χ1v) is 9.76. The van der Waals surface area contributed by atoms with Gasteiger partial charge < -0.3 is 15.3 Å². The minimum atomic E-state index is -0.945. The van der Waals surface area contributed by atoms with Crippen LogP contribution < -0.4 is 10.2 Å². The van der Waals surface area contributed by atoms with Crippen molar-refractivity contribution in [2.24, 2.45) is 0 Å². The summed E-state index contributed by atoms with van der Waals surface area (Å²) in [5, 5.41) is 12.2. The normalized spacial score (nSPS) is 21.6. The van der Waals surface area contributed by atoms with Crippen LogP contribution in [0.2, 0.25) is 5.02 Å². The molecule has 1 unspecified atom stereocenters. The number of hydrogen-bond donors (Lipinski definition) is 2. The van der Waals surface area contributed by atoms with Gasteiger partial charge in [0.2, 0.25) is 0 Å².